The smallest absolute Gasteiger partial charge is 0.310 e. The highest BCUT2D eigenvalue weighted by Crippen LogP contribution is 2.27. The van der Waals surface area contributed by atoms with Gasteiger partial charge in [0.05, 0.1) is 13.0 Å². The van der Waals surface area contributed by atoms with E-state index in [1.807, 2.05) is 0 Å². The molecule has 1 aliphatic heterocycles. The number of hydrogen-bond acceptors (Lipinski definition) is 3. The number of carbonyl (C=O) groups is 1. The monoisotopic (exact) mass is 311 g/mol. The molecule has 0 radical (unpaired) electrons. The molecule has 0 amide bonds. The number of piperidine rings is 1. The van der Waals surface area contributed by atoms with Gasteiger partial charge in [0.25, 0.3) is 0 Å². The van der Waals surface area contributed by atoms with Gasteiger partial charge < -0.3 is 9.64 Å². The number of aryl methyl sites for hydroxylation is 1. The topological polar surface area (TPSA) is 29.5 Å². The van der Waals surface area contributed by atoms with E-state index in [0.29, 0.717) is 0 Å². The summed E-state index contributed by atoms with van der Waals surface area (Å²) in [4.78, 5) is 13.9. The Hall–Kier alpha value is -1.03. The summed E-state index contributed by atoms with van der Waals surface area (Å²) in [5.74, 6) is -0.0882. The maximum Gasteiger partial charge on any atom is 0.310 e. The molecule has 0 N–H and O–H groups in total. The van der Waals surface area contributed by atoms with Crippen molar-refractivity contribution in [3.05, 3.63) is 28.2 Å². The van der Waals surface area contributed by atoms with Gasteiger partial charge >= 0.3 is 5.97 Å². The van der Waals surface area contributed by atoms with E-state index in [9.17, 15) is 4.79 Å². The molecule has 4 heteroatoms. The lowest BCUT2D eigenvalue weighted by molar-refractivity contribution is -0.145. The third-order valence-corrected chi connectivity index (χ3v) is 4.33. The van der Waals surface area contributed by atoms with Crippen LogP contribution in [-0.4, -0.2) is 26.2 Å². The van der Waals surface area contributed by atoms with Crippen LogP contribution in [0.4, 0.5) is 5.69 Å². The lowest BCUT2D eigenvalue weighted by Crippen LogP contribution is -2.39. The van der Waals surface area contributed by atoms with E-state index in [0.717, 1.165) is 30.4 Å². The summed E-state index contributed by atoms with van der Waals surface area (Å²) in [5.41, 5.74) is 2.39. The molecule has 0 aliphatic carbocycles. The van der Waals surface area contributed by atoms with E-state index in [-0.39, 0.29) is 11.9 Å². The Balaban J connectivity index is 2.13. The molecule has 98 valence electrons. The van der Waals surface area contributed by atoms with Crippen molar-refractivity contribution >= 4 is 27.6 Å². The Kier molecular flexibility index (Phi) is 4.27. The first-order valence-electron chi connectivity index (χ1n) is 6.20. The van der Waals surface area contributed by atoms with Gasteiger partial charge in [-0.2, -0.15) is 0 Å². The van der Waals surface area contributed by atoms with Crippen molar-refractivity contribution in [1.29, 1.82) is 0 Å². The molecule has 0 bridgehead atoms. The summed E-state index contributed by atoms with van der Waals surface area (Å²) >= 11 is 3.55. The molecule has 0 spiro atoms. The van der Waals surface area contributed by atoms with Crippen LogP contribution in [0.5, 0.6) is 0 Å². The molecular formula is C14H18BrNO2. The largest absolute Gasteiger partial charge is 0.469 e. The van der Waals surface area contributed by atoms with Gasteiger partial charge in [-0.05, 0) is 37.5 Å². The molecule has 0 aromatic heterocycles. The van der Waals surface area contributed by atoms with Crippen molar-refractivity contribution in [2.24, 2.45) is 5.92 Å². The number of esters is 1. The number of hydrogen-bond donors (Lipinski definition) is 0. The van der Waals surface area contributed by atoms with E-state index >= 15 is 0 Å². The molecule has 3 nitrogen and oxygen atoms in total. The van der Waals surface area contributed by atoms with Crippen LogP contribution in [0.2, 0.25) is 0 Å². The van der Waals surface area contributed by atoms with Crippen molar-refractivity contribution in [3.63, 3.8) is 0 Å². The normalized spacial score (nSPS) is 19.7. The maximum absolute atomic E-state index is 11.6. The van der Waals surface area contributed by atoms with Gasteiger partial charge in [-0.25, -0.2) is 0 Å². The summed E-state index contributed by atoms with van der Waals surface area (Å²) < 4.78 is 5.95. The van der Waals surface area contributed by atoms with Crippen LogP contribution in [-0.2, 0) is 9.53 Å². The minimum absolute atomic E-state index is 0.00354. The van der Waals surface area contributed by atoms with Crippen LogP contribution in [0.3, 0.4) is 0 Å². The zero-order valence-corrected chi connectivity index (χ0v) is 12.4. The number of anilines is 1. The first-order chi connectivity index (χ1) is 8.61. The van der Waals surface area contributed by atoms with Crippen LogP contribution in [0.1, 0.15) is 18.4 Å². The second kappa shape index (κ2) is 5.74. The zero-order valence-electron chi connectivity index (χ0n) is 10.8. The Morgan fingerprint density at radius 3 is 2.94 bits per heavy atom. The molecule has 1 fully saturated rings. The van der Waals surface area contributed by atoms with Crippen LogP contribution < -0.4 is 4.90 Å². The average Bonchev–Trinajstić information content (AvgIpc) is 2.41. The molecular weight excluding hydrogens is 294 g/mol. The Labute approximate surface area is 116 Å². The summed E-state index contributed by atoms with van der Waals surface area (Å²) in [6.45, 7) is 3.83. The number of nitrogens with zero attached hydrogens (tertiary/aromatic N) is 1. The predicted octanol–water partition coefficient (Wildman–Crippen LogP) is 3.15. The van der Waals surface area contributed by atoms with Crippen molar-refractivity contribution in [3.8, 4) is 0 Å². The third-order valence-electron chi connectivity index (χ3n) is 3.48. The number of ether oxygens (including phenoxy) is 1. The van der Waals surface area contributed by atoms with Gasteiger partial charge in [-0.1, -0.05) is 22.0 Å². The minimum atomic E-state index is -0.0918. The summed E-state index contributed by atoms with van der Waals surface area (Å²) in [5, 5.41) is 0. The second-order valence-corrected chi connectivity index (χ2v) is 5.60. The maximum atomic E-state index is 11.6. The summed E-state index contributed by atoms with van der Waals surface area (Å²) in [6.07, 6.45) is 1.96. The Morgan fingerprint density at radius 2 is 2.28 bits per heavy atom. The SMILES string of the molecule is COC(=O)C1CCCN(c2ccc(C)c(Br)c2)C1. The molecule has 2 rings (SSSR count). The molecule has 18 heavy (non-hydrogen) atoms. The van der Waals surface area contributed by atoms with Gasteiger partial charge in [0.2, 0.25) is 0 Å². The van der Waals surface area contributed by atoms with Crippen LogP contribution >= 0.6 is 15.9 Å². The third kappa shape index (κ3) is 2.86. The predicted molar refractivity (Wildman–Crippen MR) is 75.8 cm³/mol. The van der Waals surface area contributed by atoms with Crippen molar-refractivity contribution in [1.82, 2.24) is 0 Å². The number of carbonyl (C=O) groups excluding carboxylic acids is 1. The Bertz CT molecular complexity index is 447. The number of methoxy groups -OCH3 is 1. The molecule has 1 heterocycles. The fraction of sp³-hybridized carbons (Fsp3) is 0.500. The molecule has 1 aliphatic rings. The second-order valence-electron chi connectivity index (χ2n) is 4.74. The van der Waals surface area contributed by atoms with Gasteiger partial charge in [0.15, 0.2) is 0 Å². The summed E-state index contributed by atoms with van der Waals surface area (Å²) in [6, 6.07) is 6.33. The number of halogens is 1. The highest BCUT2D eigenvalue weighted by Gasteiger charge is 2.26. The number of benzene rings is 1. The van der Waals surface area contributed by atoms with Gasteiger partial charge in [-0.3, -0.25) is 4.79 Å². The van der Waals surface area contributed by atoms with Crippen LogP contribution in [0.25, 0.3) is 0 Å². The van der Waals surface area contributed by atoms with Crippen LogP contribution in [0.15, 0.2) is 22.7 Å². The zero-order chi connectivity index (χ0) is 13.1. The highest BCUT2D eigenvalue weighted by atomic mass is 79.9. The van der Waals surface area contributed by atoms with E-state index in [1.54, 1.807) is 0 Å². The van der Waals surface area contributed by atoms with Crippen molar-refractivity contribution < 1.29 is 9.53 Å². The minimum Gasteiger partial charge on any atom is -0.469 e. The molecule has 1 unspecified atom stereocenters. The van der Waals surface area contributed by atoms with E-state index in [4.69, 9.17) is 4.74 Å². The molecule has 1 aromatic carbocycles. The average molecular weight is 312 g/mol. The van der Waals surface area contributed by atoms with Crippen LogP contribution in [0, 0.1) is 12.8 Å². The van der Waals surface area contributed by atoms with Crippen molar-refractivity contribution in [2.75, 3.05) is 25.1 Å². The van der Waals surface area contributed by atoms with Crippen molar-refractivity contribution in [2.45, 2.75) is 19.8 Å². The standard InChI is InChI=1S/C14H18BrNO2/c1-10-5-6-12(8-13(10)15)16-7-3-4-11(9-16)14(17)18-2/h5-6,8,11H,3-4,7,9H2,1-2H3. The number of rotatable bonds is 2. The van der Waals surface area contributed by atoms with Gasteiger partial charge in [-0.15, -0.1) is 0 Å². The summed E-state index contributed by atoms with van der Waals surface area (Å²) in [7, 11) is 1.46. The highest BCUT2D eigenvalue weighted by molar-refractivity contribution is 9.10. The lowest BCUT2D eigenvalue weighted by Gasteiger charge is -2.33. The lowest BCUT2D eigenvalue weighted by atomic mass is 9.97. The van der Waals surface area contributed by atoms with Gasteiger partial charge in [0, 0.05) is 23.2 Å². The molecule has 1 atom stereocenters. The fourth-order valence-corrected chi connectivity index (χ4v) is 2.72. The van der Waals surface area contributed by atoms with E-state index in [1.165, 1.54) is 18.4 Å². The Morgan fingerprint density at radius 1 is 1.50 bits per heavy atom. The van der Waals surface area contributed by atoms with Gasteiger partial charge in [0.1, 0.15) is 0 Å². The van der Waals surface area contributed by atoms with E-state index < -0.39 is 0 Å². The quantitative estimate of drug-likeness (QED) is 0.786. The first kappa shape index (κ1) is 13.4. The first-order valence-corrected chi connectivity index (χ1v) is 7.00. The molecule has 0 saturated carbocycles. The van der Waals surface area contributed by atoms with E-state index in [2.05, 4.69) is 46.0 Å². The fourth-order valence-electron chi connectivity index (χ4n) is 2.35. The molecule has 1 aromatic rings. The molecule has 1 saturated heterocycles.